The topological polar surface area (TPSA) is 50.9 Å². The number of hydrogen-bond acceptors (Lipinski definition) is 3. The number of aromatic nitrogens is 3. The molecule has 0 spiro atoms. The van der Waals surface area contributed by atoms with Gasteiger partial charge in [0.2, 0.25) is 0 Å². The van der Waals surface area contributed by atoms with Gasteiger partial charge in [-0.2, -0.15) is 0 Å². The SMILES string of the molecule is Cc1ccc(C(O)Cn2nnc3ccccc32)cc1. The summed E-state index contributed by atoms with van der Waals surface area (Å²) in [5.41, 5.74) is 3.86. The van der Waals surface area contributed by atoms with Gasteiger partial charge < -0.3 is 5.11 Å². The summed E-state index contributed by atoms with van der Waals surface area (Å²) in [6.07, 6.45) is -0.578. The van der Waals surface area contributed by atoms with Crippen molar-refractivity contribution in [3.63, 3.8) is 0 Å². The predicted molar refractivity (Wildman–Crippen MR) is 73.7 cm³/mol. The fourth-order valence-electron chi connectivity index (χ4n) is 2.11. The van der Waals surface area contributed by atoms with E-state index in [1.165, 1.54) is 5.56 Å². The molecule has 0 fully saturated rings. The van der Waals surface area contributed by atoms with Gasteiger partial charge in [-0.05, 0) is 24.6 Å². The van der Waals surface area contributed by atoms with Crippen LogP contribution in [-0.4, -0.2) is 20.1 Å². The first kappa shape index (κ1) is 11.9. The quantitative estimate of drug-likeness (QED) is 0.780. The fraction of sp³-hybridized carbons (Fsp3) is 0.200. The third kappa shape index (κ3) is 2.35. The molecule has 1 unspecified atom stereocenters. The van der Waals surface area contributed by atoms with E-state index in [1.807, 2.05) is 55.5 Å². The summed E-state index contributed by atoms with van der Waals surface area (Å²) in [5.74, 6) is 0. The number of aliphatic hydroxyl groups excluding tert-OH is 1. The minimum atomic E-state index is -0.578. The number of benzene rings is 2. The van der Waals surface area contributed by atoms with Gasteiger partial charge in [-0.3, -0.25) is 0 Å². The fourth-order valence-corrected chi connectivity index (χ4v) is 2.11. The van der Waals surface area contributed by atoms with E-state index in [9.17, 15) is 5.11 Å². The van der Waals surface area contributed by atoms with Crippen LogP contribution < -0.4 is 0 Å². The van der Waals surface area contributed by atoms with Crippen LogP contribution in [0.3, 0.4) is 0 Å². The second-order valence-electron chi connectivity index (χ2n) is 4.69. The molecule has 0 radical (unpaired) electrons. The van der Waals surface area contributed by atoms with Crippen molar-refractivity contribution in [2.24, 2.45) is 0 Å². The van der Waals surface area contributed by atoms with Crippen LogP contribution in [0, 0.1) is 6.92 Å². The Kier molecular flexibility index (Phi) is 3.01. The van der Waals surface area contributed by atoms with Gasteiger partial charge in [0.25, 0.3) is 0 Å². The van der Waals surface area contributed by atoms with E-state index in [4.69, 9.17) is 0 Å². The van der Waals surface area contributed by atoms with E-state index in [1.54, 1.807) is 4.68 Å². The molecule has 0 bridgehead atoms. The second kappa shape index (κ2) is 4.82. The molecule has 0 saturated heterocycles. The van der Waals surface area contributed by atoms with Crippen molar-refractivity contribution in [3.05, 3.63) is 59.7 Å². The van der Waals surface area contributed by atoms with Gasteiger partial charge in [0, 0.05) is 0 Å². The highest BCUT2D eigenvalue weighted by molar-refractivity contribution is 5.73. The average Bonchev–Trinajstić information content (AvgIpc) is 2.83. The van der Waals surface area contributed by atoms with Crippen molar-refractivity contribution in [2.75, 3.05) is 0 Å². The number of hydrogen-bond donors (Lipinski definition) is 1. The Morgan fingerprint density at radius 3 is 2.63 bits per heavy atom. The highest BCUT2D eigenvalue weighted by atomic mass is 16.3. The molecule has 4 heteroatoms. The lowest BCUT2D eigenvalue weighted by atomic mass is 10.1. The molecule has 3 rings (SSSR count). The molecule has 1 N–H and O–H groups in total. The lowest BCUT2D eigenvalue weighted by molar-refractivity contribution is 0.152. The van der Waals surface area contributed by atoms with E-state index in [2.05, 4.69) is 10.3 Å². The van der Waals surface area contributed by atoms with Crippen LogP contribution in [0.25, 0.3) is 11.0 Å². The molecule has 2 aromatic carbocycles. The van der Waals surface area contributed by atoms with Crippen molar-refractivity contribution in [1.82, 2.24) is 15.0 Å². The highest BCUT2D eigenvalue weighted by Gasteiger charge is 2.11. The van der Waals surface area contributed by atoms with E-state index in [-0.39, 0.29) is 0 Å². The molecule has 1 aromatic heterocycles. The maximum atomic E-state index is 10.3. The molecule has 0 aliphatic carbocycles. The molecule has 0 aliphatic heterocycles. The Morgan fingerprint density at radius 2 is 1.84 bits per heavy atom. The van der Waals surface area contributed by atoms with Crippen molar-refractivity contribution >= 4 is 11.0 Å². The molecule has 4 nitrogen and oxygen atoms in total. The summed E-state index contributed by atoms with van der Waals surface area (Å²) in [4.78, 5) is 0. The molecule has 0 amide bonds. The zero-order chi connectivity index (χ0) is 13.2. The Balaban J connectivity index is 1.86. The van der Waals surface area contributed by atoms with E-state index in [0.29, 0.717) is 6.54 Å². The Morgan fingerprint density at radius 1 is 1.11 bits per heavy atom. The monoisotopic (exact) mass is 253 g/mol. The number of nitrogens with zero attached hydrogens (tertiary/aromatic N) is 3. The van der Waals surface area contributed by atoms with Crippen LogP contribution >= 0.6 is 0 Å². The van der Waals surface area contributed by atoms with Crippen LogP contribution in [0.5, 0.6) is 0 Å². The van der Waals surface area contributed by atoms with E-state index < -0.39 is 6.10 Å². The summed E-state index contributed by atoms with van der Waals surface area (Å²) in [5, 5.41) is 18.4. The normalized spacial score (nSPS) is 12.7. The summed E-state index contributed by atoms with van der Waals surface area (Å²) >= 11 is 0. The van der Waals surface area contributed by atoms with Gasteiger partial charge in [0.05, 0.1) is 18.2 Å². The van der Waals surface area contributed by atoms with Crippen LogP contribution in [-0.2, 0) is 6.54 Å². The van der Waals surface area contributed by atoms with E-state index in [0.717, 1.165) is 16.6 Å². The summed E-state index contributed by atoms with van der Waals surface area (Å²) in [6, 6.07) is 15.6. The molecule has 96 valence electrons. The first-order chi connectivity index (χ1) is 9.24. The number of aliphatic hydroxyl groups is 1. The van der Waals surface area contributed by atoms with Crippen molar-refractivity contribution in [2.45, 2.75) is 19.6 Å². The minimum Gasteiger partial charge on any atom is -0.386 e. The predicted octanol–water partition coefficient (Wildman–Crippen LogP) is 2.47. The van der Waals surface area contributed by atoms with Crippen LogP contribution in [0.1, 0.15) is 17.2 Å². The summed E-state index contributed by atoms with van der Waals surface area (Å²) < 4.78 is 1.74. The largest absolute Gasteiger partial charge is 0.386 e. The molecule has 0 aliphatic rings. The third-order valence-electron chi connectivity index (χ3n) is 3.23. The van der Waals surface area contributed by atoms with Crippen LogP contribution in [0.2, 0.25) is 0 Å². The van der Waals surface area contributed by atoms with E-state index >= 15 is 0 Å². The zero-order valence-electron chi connectivity index (χ0n) is 10.7. The van der Waals surface area contributed by atoms with Crippen molar-refractivity contribution in [3.8, 4) is 0 Å². The van der Waals surface area contributed by atoms with Gasteiger partial charge in [-0.15, -0.1) is 5.10 Å². The van der Waals surface area contributed by atoms with Crippen LogP contribution in [0.4, 0.5) is 0 Å². The van der Waals surface area contributed by atoms with Crippen LogP contribution in [0.15, 0.2) is 48.5 Å². The third-order valence-corrected chi connectivity index (χ3v) is 3.23. The van der Waals surface area contributed by atoms with Gasteiger partial charge in [0.15, 0.2) is 0 Å². The number of fused-ring (bicyclic) bond motifs is 1. The van der Waals surface area contributed by atoms with Gasteiger partial charge in [0.1, 0.15) is 5.52 Å². The van der Waals surface area contributed by atoms with Gasteiger partial charge in [-0.25, -0.2) is 4.68 Å². The van der Waals surface area contributed by atoms with Gasteiger partial charge in [-0.1, -0.05) is 47.2 Å². The standard InChI is InChI=1S/C15H15N3O/c1-11-6-8-12(9-7-11)15(19)10-18-14-5-3-2-4-13(14)16-17-18/h2-9,15,19H,10H2,1H3. The summed E-state index contributed by atoms with van der Waals surface area (Å²) in [7, 11) is 0. The van der Waals surface area contributed by atoms with Crippen molar-refractivity contribution < 1.29 is 5.11 Å². The lowest BCUT2D eigenvalue weighted by Crippen LogP contribution is -2.10. The molecular weight excluding hydrogens is 238 g/mol. The Bertz CT molecular complexity index is 688. The first-order valence-electron chi connectivity index (χ1n) is 6.27. The number of aryl methyl sites for hydroxylation is 1. The smallest absolute Gasteiger partial charge is 0.113 e. The molecule has 3 aromatic rings. The van der Waals surface area contributed by atoms with Gasteiger partial charge >= 0.3 is 0 Å². The van der Waals surface area contributed by atoms with Crippen molar-refractivity contribution in [1.29, 1.82) is 0 Å². The summed E-state index contributed by atoms with van der Waals surface area (Å²) in [6.45, 7) is 2.44. The average molecular weight is 253 g/mol. The maximum Gasteiger partial charge on any atom is 0.113 e. The molecule has 1 heterocycles. The lowest BCUT2D eigenvalue weighted by Gasteiger charge is -2.11. The maximum absolute atomic E-state index is 10.3. The minimum absolute atomic E-state index is 0.406. The Hall–Kier alpha value is -2.20. The Labute approximate surface area is 111 Å². The molecule has 1 atom stereocenters. The highest BCUT2D eigenvalue weighted by Crippen LogP contribution is 2.18. The zero-order valence-corrected chi connectivity index (χ0v) is 10.7. The first-order valence-corrected chi connectivity index (χ1v) is 6.27. The second-order valence-corrected chi connectivity index (χ2v) is 4.69. The molecule has 19 heavy (non-hydrogen) atoms. The molecular formula is C15H15N3O. The number of rotatable bonds is 3. The molecule has 0 saturated carbocycles. The number of para-hydroxylation sites is 1.